The quantitative estimate of drug-likeness (QED) is 0.347. The molecule has 0 atom stereocenters. The molecular weight excluding hydrogens is 453 g/mol. The van der Waals surface area contributed by atoms with Crippen molar-refractivity contribution < 1.29 is 8.83 Å². The minimum Gasteiger partial charge on any atom is -0.470 e. The lowest BCUT2D eigenvalue weighted by Crippen LogP contribution is -2.42. The molecule has 2 aliphatic rings. The molecule has 4 aromatic rings. The Morgan fingerprint density at radius 2 is 0.833 bits per heavy atom. The van der Waals surface area contributed by atoms with E-state index in [1.807, 2.05) is 46.2 Å². The van der Waals surface area contributed by atoms with Crippen LogP contribution in [-0.4, -0.2) is 20.0 Å². The summed E-state index contributed by atoms with van der Waals surface area (Å²) in [7, 11) is 0. The highest BCUT2D eigenvalue weighted by molar-refractivity contribution is 7.83. The zero-order chi connectivity index (χ0) is 20.6. The molecule has 0 N–H and O–H groups in total. The van der Waals surface area contributed by atoms with Crippen LogP contribution >= 0.6 is 48.9 Å². The summed E-state index contributed by atoms with van der Waals surface area (Å²) in [6.45, 7) is 0. The summed E-state index contributed by atoms with van der Waals surface area (Å²) in [5.41, 5.74) is 5.33. The first-order valence-corrected chi connectivity index (χ1v) is 10.6. The Labute approximate surface area is 192 Å². The van der Waals surface area contributed by atoms with E-state index in [9.17, 15) is 0 Å². The number of rotatable bonds is 2. The predicted molar refractivity (Wildman–Crippen MR) is 133 cm³/mol. The maximum atomic E-state index is 5.84. The van der Waals surface area contributed by atoms with Gasteiger partial charge < -0.3 is 8.83 Å². The van der Waals surface area contributed by atoms with E-state index in [1.165, 1.54) is 0 Å². The monoisotopic (exact) mass is 462 g/mol. The van der Waals surface area contributed by atoms with Gasteiger partial charge in [-0.25, -0.2) is 0 Å². The van der Waals surface area contributed by atoms with Crippen molar-refractivity contribution in [3.8, 4) is 0 Å². The molecule has 2 aliphatic heterocycles. The van der Waals surface area contributed by atoms with Gasteiger partial charge in [-0.3, -0.25) is 9.80 Å². The van der Waals surface area contributed by atoms with Crippen LogP contribution in [0, 0.1) is 0 Å². The molecule has 4 heterocycles. The van der Waals surface area contributed by atoms with Crippen LogP contribution in [0.25, 0.3) is 10.8 Å². The van der Waals surface area contributed by atoms with Gasteiger partial charge >= 0.3 is 0 Å². The lowest BCUT2D eigenvalue weighted by atomic mass is 9.86. The molecule has 4 nitrogen and oxygen atoms in total. The molecule has 0 unspecified atom stereocenters. The molecule has 30 heavy (non-hydrogen) atoms. The molecule has 0 amide bonds. The van der Waals surface area contributed by atoms with Crippen LogP contribution in [-0.2, 0) is 0 Å². The number of furan rings is 2. The van der Waals surface area contributed by atoms with Gasteiger partial charge in [0.05, 0.1) is 23.9 Å². The SMILES string of the molecule is S=C1c2ccc3c4c(ccc(c24)C(=S)N1c1ccoc1)C(=S)N(c1ccoc1)C3=S. The van der Waals surface area contributed by atoms with Crippen LogP contribution in [0.15, 0.2) is 70.3 Å². The molecule has 0 aliphatic carbocycles. The third-order valence-electron chi connectivity index (χ3n) is 5.42. The van der Waals surface area contributed by atoms with Crippen LogP contribution in [0.3, 0.4) is 0 Å². The second-order valence-electron chi connectivity index (χ2n) is 6.93. The average molecular weight is 463 g/mol. The zero-order valence-electron chi connectivity index (χ0n) is 15.1. The number of nitrogens with zero attached hydrogens (tertiary/aromatic N) is 2. The van der Waals surface area contributed by atoms with Crippen LogP contribution in [0.1, 0.15) is 22.3 Å². The van der Waals surface area contributed by atoms with Gasteiger partial charge in [-0.1, -0.05) is 73.1 Å². The number of benzene rings is 2. The maximum Gasteiger partial charge on any atom is 0.119 e. The highest BCUT2D eigenvalue weighted by Crippen LogP contribution is 2.41. The van der Waals surface area contributed by atoms with Gasteiger partial charge in [0.1, 0.15) is 32.5 Å². The third-order valence-corrected chi connectivity index (χ3v) is 7.03. The molecule has 0 radical (unpaired) electrons. The van der Waals surface area contributed by atoms with Gasteiger partial charge in [0, 0.05) is 45.2 Å². The minimum absolute atomic E-state index is 0.631. The molecule has 2 aromatic heterocycles. The van der Waals surface area contributed by atoms with Gasteiger partial charge in [-0.05, 0) is 0 Å². The topological polar surface area (TPSA) is 32.8 Å². The van der Waals surface area contributed by atoms with Crippen LogP contribution in [0.5, 0.6) is 0 Å². The Morgan fingerprint density at radius 1 is 0.500 bits per heavy atom. The summed E-state index contributed by atoms with van der Waals surface area (Å²) >= 11 is 23.3. The molecule has 8 heteroatoms. The van der Waals surface area contributed by atoms with E-state index in [0.29, 0.717) is 20.0 Å². The van der Waals surface area contributed by atoms with Crippen LogP contribution < -0.4 is 9.80 Å². The summed E-state index contributed by atoms with van der Waals surface area (Å²) < 4.78 is 10.5. The molecular formula is C22H10N2O2S4. The van der Waals surface area contributed by atoms with Crippen molar-refractivity contribution in [1.82, 2.24) is 0 Å². The first-order chi connectivity index (χ1) is 14.6. The molecule has 0 saturated carbocycles. The van der Waals surface area contributed by atoms with E-state index in [4.69, 9.17) is 57.7 Å². The van der Waals surface area contributed by atoms with Crippen LogP contribution in [0.2, 0.25) is 0 Å². The van der Waals surface area contributed by atoms with Crippen molar-refractivity contribution in [1.29, 1.82) is 0 Å². The van der Waals surface area contributed by atoms with Crippen molar-refractivity contribution in [2.24, 2.45) is 0 Å². The Kier molecular flexibility index (Phi) is 3.82. The fraction of sp³-hybridized carbons (Fsp3) is 0. The summed E-state index contributed by atoms with van der Waals surface area (Å²) in [4.78, 5) is 6.26. The van der Waals surface area contributed by atoms with Gasteiger partial charge in [0.25, 0.3) is 0 Å². The van der Waals surface area contributed by atoms with Gasteiger partial charge in [0.2, 0.25) is 0 Å². The minimum atomic E-state index is 0.631. The van der Waals surface area contributed by atoms with Crippen molar-refractivity contribution in [3.05, 3.63) is 83.7 Å². The lowest BCUT2D eigenvalue weighted by Gasteiger charge is -2.35. The molecule has 0 saturated heterocycles. The summed E-state index contributed by atoms with van der Waals surface area (Å²) in [6, 6.07) is 11.7. The number of anilines is 2. The largest absolute Gasteiger partial charge is 0.470 e. The predicted octanol–water partition coefficient (Wildman–Crippen LogP) is 5.77. The summed E-state index contributed by atoms with van der Waals surface area (Å²) in [6.07, 6.45) is 6.49. The maximum absolute atomic E-state index is 5.84. The third kappa shape index (κ3) is 2.24. The Hall–Kier alpha value is -2.78. The fourth-order valence-corrected chi connectivity index (χ4v) is 5.70. The Morgan fingerprint density at radius 3 is 1.10 bits per heavy atom. The highest BCUT2D eigenvalue weighted by Gasteiger charge is 2.35. The normalized spacial score (nSPS) is 15.5. The smallest absolute Gasteiger partial charge is 0.119 e. The average Bonchev–Trinajstić information content (AvgIpc) is 3.45. The fourth-order valence-electron chi connectivity index (χ4n) is 4.11. The number of hydrogen-bond donors (Lipinski definition) is 0. The van der Waals surface area contributed by atoms with E-state index < -0.39 is 0 Å². The van der Waals surface area contributed by atoms with Gasteiger partial charge in [0.15, 0.2) is 0 Å². The molecule has 0 fully saturated rings. The first-order valence-electron chi connectivity index (χ1n) is 8.99. The number of hydrogen-bond acceptors (Lipinski definition) is 6. The summed E-state index contributed by atoms with van der Waals surface area (Å²) in [5.74, 6) is 0. The molecule has 0 bridgehead atoms. The van der Waals surface area contributed by atoms with Gasteiger partial charge in [-0.2, -0.15) is 0 Å². The Balaban J connectivity index is 1.63. The van der Waals surface area contributed by atoms with Crippen molar-refractivity contribution in [3.63, 3.8) is 0 Å². The zero-order valence-corrected chi connectivity index (χ0v) is 18.4. The standard InChI is InChI=1S/C22H10N2O2S4/c27-19-13-1-2-14-18-16(22(30)24(20(14)28)12-6-8-26-10-12)4-3-15(17(13)18)21(29)23(19)11-5-7-25-9-11/h1-10H. The Bertz CT molecular complexity index is 1240. The van der Waals surface area contributed by atoms with E-state index >= 15 is 0 Å². The van der Waals surface area contributed by atoms with Crippen LogP contribution in [0.4, 0.5) is 11.4 Å². The van der Waals surface area contributed by atoms with E-state index in [1.54, 1.807) is 25.1 Å². The van der Waals surface area contributed by atoms with E-state index in [-0.39, 0.29) is 0 Å². The molecule has 6 rings (SSSR count). The summed E-state index contributed by atoms with van der Waals surface area (Å²) in [5, 5.41) is 1.99. The highest BCUT2D eigenvalue weighted by atomic mass is 32.1. The van der Waals surface area contributed by atoms with E-state index in [0.717, 1.165) is 44.4 Å². The second kappa shape index (κ2) is 6.36. The van der Waals surface area contributed by atoms with Crippen molar-refractivity contribution in [2.45, 2.75) is 0 Å². The number of thiocarbonyl (C=S) groups is 4. The molecule has 144 valence electrons. The first kappa shape index (κ1) is 18.0. The van der Waals surface area contributed by atoms with E-state index in [2.05, 4.69) is 0 Å². The van der Waals surface area contributed by atoms with Gasteiger partial charge in [-0.15, -0.1) is 0 Å². The van der Waals surface area contributed by atoms with Crippen molar-refractivity contribution in [2.75, 3.05) is 9.80 Å². The van der Waals surface area contributed by atoms with Crippen molar-refractivity contribution >= 4 is 91.0 Å². The molecule has 2 aromatic carbocycles. The lowest BCUT2D eigenvalue weighted by molar-refractivity contribution is 0.567. The second-order valence-corrected chi connectivity index (χ2v) is 8.47. The molecule has 0 spiro atoms.